The van der Waals surface area contributed by atoms with Crippen molar-refractivity contribution in [1.82, 2.24) is 14.7 Å². The van der Waals surface area contributed by atoms with Gasteiger partial charge in [0, 0.05) is 26.1 Å². The van der Waals surface area contributed by atoms with E-state index in [1.165, 1.54) is 0 Å². The highest BCUT2D eigenvalue weighted by molar-refractivity contribution is 5.75. The number of hydrogen-bond donors (Lipinski definition) is 0. The molecule has 3 rings (SSSR count). The zero-order valence-corrected chi connectivity index (χ0v) is 14.3. The fraction of sp³-hybridized carbons (Fsp3) is 0.300. The first-order valence-electron chi connectivity index (χ1n) is 8.54. The Morgan fingerprint density at radius 3 is 1.72 bits per heavy atom. The van der Waals surface area contributed by atoms with Crippen molar-refractivity contribution in [2.24, 2.45) is 0 Å². The molecule has 1 aliphatic rings. The summed E-state index contributed by atoms with van der Waals surface area (Å²) in [5, 5.41) is 0. The SMILES string of the molecule is O=CCCN1CN(Cc2ccccc2)C(=O)N(Cc2ccccc2)C1. The van der Waals surface area contributed by atoms with Crippen LogP contribution in [0.15, 0.2) is 60.7 Å². The Bertz CT molecular complexity index is 637. The lowest BCUT2D eigenvalue weighted by Gasteiger charge is -2.42. The highest BCUT2D eigenvalue weighted by Crippen LogP contribution is 2.17. The van der Waals surface area contributed by atoms with Crippen LogP contribution in [0.25, 0.3) is 0 Å². The zero-order valence-electron chi connectivity index (χ0n) is 14.3. The molecule has 1 heterocycles. The van der Waals surface area contributed by atoms with Gasteiger partial charge in [0.15, 0.2) is 0 Å². The lowest BCUT2D eigenvalue weighted by Crippen LogP contribution is -2.57. The number of rotatable bonds is 7. The fourth-order valence-corrected chi connectivity index (χ4v) is 3.07. The van der Waals surface area contributed by atoms with Gasteiger partial charge in [0.25, 0.3) is 0 Å². The minimum atomic E-state index is 0.0371. The zero-order chi connectivity index (χ0) is 17.5. The number of carbonyl (C=O) groups is 2. The summed E-state index contributed by atoms with van der Waals surface area (Å²) in [6, 6.07) is 20.0. The summed E-state index contributed by atoms with van der Waals surface area (Å²) < 4.78 is 0. The van der Waals surface area contributed by atoms with Crippen LogP contribution in [0.5, 0.6) is 0 Å². The van der Waals surface area contributed by atoms with Crippen LogP contribution in [-0.2, 0) is 17.9 Å². The third-order valence-corrected chi connectivity index (χ3v) is 4.28. The van der Waals surface area contributed by atoms with Crippen LogP contribution in [-0.4, -0.2) is 46.9 Å². The number of amides is 2. The quantitative estimate of drug-likeness (QED) is 0.730. The molecule has 0 radical (unpaired) electrons. The Balaban J connectivity index is 1.74. The van der Waals surface area contributed by atoms with Gasteiger partial charge in [0.1, 0.15) is 6.29 Å². The largest absolute Gasteiger partial charge is 0.322 e. The topological polar surface area (TPSA) is 43.9 Å². The van der Waals surface area contributed by atoms with Gasteiger partial charge < -0.3 is 14.6 Å². The van der Waals surface area contributed by atoms with E-state index in [0.717, 1.165) is 17.4 Å². The first-order chi connectivity index (χ1) is 12.3. The van der Waals surface area contributed by atoms with E-state index < -0.39 is 0 Å². The number of hydrogen-bond acceptors (Lipinski definition) is 3. The summed E-state index contributed by atoms with van der Waals surface area (Å²) in [6.07, 6.45) is 1.41. The molecule has 2 aromatic carbocycles. The fourth-order valence-electron chi connectivity index (χ4n) is 3.07. The molecule has 0 N–H and O–H groups in total. The smallest absolute Gasteiger partial charge is 0.307 e. The molecule has 0 unspecified atom stereocenters. The monoisotopic (exact) mass is 337 g/mol. The van der Waals surface area contributed by atoms with Crippen LogP contribution in [0, 0.1) is 0 Å². The van der Waals surface area contributed by atoms with Crippen molar-refractivity contribution < 1.29 is 9.59 Å². The molecule has 130 valence electrons. The summed E-state index contributed by atoms with van der Waals surface area (Å²) in [5.74, 6) is 0. The van der Waals surface area contributed by atoms with Gasteiger partial charge in [-0.25, -0.2) is 4.79 Å². The maximum absolute atomic E-state index is 12.9. The summed E-state index contributed by atoms with van der Waals surface area (Å²) >= 11 is 0. The van der Waals surface area contributed by atoms with Gasteiger partial charge in [-0.3, -0.25) is 4.90 Å². The summed E-state index contributed by atoms with van der Waals surface area (Å²) in [6.45, 7) is 2.90. The molecule has 0 aliphatic carbocycles. The minimum Gasteiger partial charge on any atom is -0.307 e. The van der Waals surface area contributed by atoms with Crippen LogP contribution in [0.1, 0.15) is 17.5 Å². The normalized spacial score (nSPS) is 15.4. The van der Waals surface area contributed by atoms with Gasteiger partial charge in [-0.05, 0) is 11.1 Å². The van der Waals surface area contributed by atoms with Gasteiger partial charge in [-0.2, -0.15) is 0 Å². The number of carbonyl (C=O) groups excluding carboxylic acids is 2. The molecule has 0 saturated carbocycles. The van der Waals surface area contributed by atoms with Crippen molar-refractivity contribution in [2.75, 3.05) is 19.9 Å². The van der Waals surface area contributed by atoms with Crippen LogP contribution in [0.3, 0.4) is 0 Å². The standard InChI is InChI=1S/C20H23N3O2/c24-13-7-12-21-16-22(14-18-8-3-1-4-9-18)20(25)23(17-21)15-19-10-5-2-6-11-19/h1-6,8-11,13H,7,12,14-17H2. The Kier molecular flexibility index (Phi) is 5.80. The highest BCUT2D eigenvalue weighted by atomic mass is 16.2. The Hall–Kier alpha value is -2.66. The molecule has 5 heteroatoms. The lowest BCUT2D eigenvalue weighted by atomic mass is 10.2. The van der Waals surface area contributed by atoms with Crippen LogP contribution in [0.4, 0.5) is 4.79 Å². The molecule has 1 saturated heterocycles. The third kappa shape index (κ3) is 4.67. The van der Waals surface area contributed by atoms with Crippen molar-refractivity contribution in [3.05, 3.63) is 71.8 Å². The average Bonchev–Trinajstić information content (AvgIpc) is 2.65. The van der Waals surface area contributed by atoms with Gasteiger partial charge in [0.2, 0.25) is 0 Å². The van der Waals surface area contributed by atoms with E-state index in [1.54, 1.807) is 0 Å². The molecule has 2 aromatic rings. The highest BCUT2D eigenvalue weighted by Gasteiger charge is 2.29. The number of benzene rings is 2. The minimum absolute atomic E-state index is 0.0371. The molecule has 0 bridgehead atoms. The lowest BCUT2D eigenvalue weighted by molar-refractivity contribution is -0.108. The second-order valence-electron chi connectivity index (χ2n) is 6.28. The predicted octanol–water partition coefficient (Wildman–Crippen LogP) is 2.93. The van der Waals surface area contributed by atoms with E-state index in [-0.39, 0.29) is 6.03 Å². The number of aldehydes is 1. The van der Waals surface area contributed by atoms with Gasteiger partial charge in [-0.1, -0.05) is 60.7 Å². The molecular weight excluding hydrogens is 314 g/mol. The van der Waals surface area contributed by atoms with Crippen molar-refractivity contribution in [3.63, 3.8) is 0 Å². The van der Waals surface area contributed by atoms with Crippen molar-refractivity contribution in [2.45, 2.75) is 19.5 Å². The third-order valence-electron chi connectivity index (χ3n) is 4.28. The number of urea groups is 1. The summed E-state index contributed by atoms with van der Waals surface area (Å²) in [7, 11) is 0. The van der Waals surface area contributed by atoms with Crippen molar-refractivity contribution >= 4 is 12.3 Å². The molecule has 0 atom stereocenters. The summed E-state index contributed by atoms with van der Waals surface area (Å²) in [5.41, 5.74) is 2.21. The van der Waals surface area contributed by atoms with Crippen molar-refractivity contribution in [1.29, 1.82) is 0 Å². The van der Waals surface area contributed by atoms with Gasteiger partial charge in [0.05, 0.1) is 13.3 Å². The Morgan fingerprint density at radius 2 is 1.28 bits per heavy atom. The average molecular weight is 337 g/mol. The van der Waals surface area contributed by atoms with E-state index in [1.807, 2.05) is 70.5 Å². The molecule has 1 aliphatic heterocycles. The number of nitrogens with zero attached hydrogens (tertiary/aromatic N) is 3. The first-order valence-corrected chi connectivity index (χ1v) is 8.54. The van der Waals surface area contributed by atoms with Crippen LogP contribution in [0.2, 0.25) is 0 Å². The first kappa shape index (κ1) is 17.2. The molecule has 2 amide bonds. The van der Waals surface area contributed by atoms with Gasteiger partial charge in [-0.15, -0.1) is 0 Å². The second-order valence-corrected chi connectivity index (χ2v) is 6.28. The van der Waals surface area contributed by atoms with Crippen molar-refractivity contribution in [3.8, 4) is 0 Å². The van der Waals surface area contributed by atoms with E-state index in [9.17, 15) is 9.59 Å². The second kappa shape index (κ2) is 8.44. The summed E-state index contributed by atoms with van der Waals surface area (Å²) in [4.78, 5) is 29.5. The maximum Gasteiger partial charge on any atom is 0.322 e. The molecular formula is C20H23N3O2. The van der Waals surface area contributed by atoms with Crippen LogP contribution >= 0.6 is 0 Å². The molecule has 0 spiro atoms. The van der Waals surface area contributed by atoms with E-state index in [0.29, 0.717) is 39.4 Å². The molecule has 25 heavy (non-hydrogen) atoms. The maximum atomic E-state index is 12.9. The van der Waals surface area contributed by atoms with Gasteiger partial charge >= 0.3 is 6.03 Å². The molecule has 1 fully saturated rings. The van der Waals surface area contributed by atoms with E-state index in [2.05, 4.69) is 4.90 Å². The Labute approximate surface area is 148 Å². The van der Waals surface area contributed by atoms with E-state index >= 15 is 0 Å². The predicted molar refractivity (Wildman–Crippen MR) is 96.5 cm³/mol. The van der Waals surface area contributed by atoms with E-state index in [4.69, 9.17) is 0 Å². The molecule has 0 aromatic heterocycles. The van der Waals surface area contributed by atoms with Crippen LogP contribution < -0.4 is 0 Å². The Morgan fingerprint density at radius 1 is 0.800 bits per heavy atom. The molecule has 5 nitrogen and oxygen atoms in total.